The van der Waals surface area contributed by atoms with E-state index in [0.29, 0.717) is 0 Å². The lowest BCUT2D eigenvalue weighted by molar-refractivity contribution is 0.161. The van der Waals surface area contributed by atoms with Gasteiger partial charge in [-0.3, -0.25) is 4.90 Å². The molecular formula is C17H17BrFN5S. The van der Waals surface area contributed by atoms with Crippen LogP contribution in [-0.4, -0.2) is 30.4 Å². The first kappa shape index (κ1) is 16.8. The highest BCUT2D eigenvalue weighted by atomic mass is 79.9. The van der Waals surface area contributed by atoms with E-state index >= 15 is 0 Å². The topological polar surface area (TPSA) is 46.8 Å². The maximum atomic E-state index is 13.1. The van der Waals surface area contributed by atoms with Crippen LogP contribution in [0.1, 0.15) is 30.0 Å². The molecule has 0 spiro atoms. The zero-order valence-electron chi connectivity index (χ0n) is 13.9. The van der Waals surface area contributed by atoms with Gasteiger partial charge in [0.2, 0.25) is 0 Å². The summed E-state index contributed by atoms with van der Waals surface area (Å²) in [5.41, 5.74) is 2.26. The SMILES string of the molecule is Cc1nsc(-c2nc(Br)c3n2CCN(Cc2ccc(F)cc2)[C@@H]3C)n1. The lowest BCUT2D eigenvalue weighted by Gasteiger charge is -2.35. The van der Waals surface area contributed by atoms with E-state index in [9.17, 15) is 4.39 Å². The third kappa shape index (κ3) is 3.14. The minimum Gasteiger partial charge on any atom is -0.322 e. The molecule has 1 aromatic carbocycles. The fourth-order valence-electron chi connectivity index (χ4n) is 3.25. The van der Waals surface area contributed by atoms with Gasteiger partial charge in [0, 0.05) is 19.6 Å². The number of hydrogen-bond acceptors (Lipinski definition) is 5. The van der Waals surface area contributed by atoms with Gasteiger partial charge in [-0.15, -0.1) is 0 Å². The summed E-state index contributed by atoms with van der Waals surface area (Å²) >= 11 is 5.00. The molecule has 1 aliphatic heterocycles. The van der Waals surface area contributed by atoms with Crippen molar-refractivity contribution in [3.8, 4) is 10.8 Å². The third-order valence-corrected chi connectivity index (χ3v) is 5.92. The van der Waals surface area contributed by atoms with Crippen molar-refractivity contribution in [1.29, 1.82) is 0 Å². The van der Waals surface area contributed by atoms with Crippen LogP contribution in [0.3, 0.4) is 0 Å². The fourth-order valence-corrected chi connectivity index (χ4v) is 4.63. The second-order valence-corrected chi connectivity index (χ2v) is 7.69. The Morgan fingerprint density at radius 2 is 2.00 bits per heavy atom. The van der Waals surface area contributed by atoms with E-state index in [0.717, 1.165) is 52.2 Å². The predicted molar refractivity (Wildman–Crippen MR) is 98.8 cm³/mol. The zero-order valence-corrected chi connectivity index (χ0v) is 16.3. The quantitative estimate of drug-likeness (QED) is 0.635. The van der Waals surface area contributed by atoms with Gasteiger partial charge in [-0.25, -0.2) is 14.4 Å². The summed E-state index contributed by atoms with van der Waals surface area (Å²) in [6, 6.07) is 6.92. The highest BCUT2D eigenvalue weighted by Gasteiger charge is 2.30. The van der Waals surface area contributed by atoms with Gasteiger partial charge in [-0.2, -0.15) is 4.37 Å². The number of benzene rings is 1. The number of aryl methyl sites for hydroxylation is 1. The normalized spacial score (nSPS) is 17.7. The summed E-state index contributed by atoms with van der Waals surface area (Å²) in [6.45, 7) is 6.59. The monoisotopic (exact) mass is 421 g/mol. The van der Waals surface area contributed by atoms with E-state index in [1.165, 1.54) is 23.7 Å². The average molecular weight is 422 g/mol. The average Bonchev–Trinajstić information content (AvgIpc) is 3.16. The largest absolute Gasteiger partial charge is 0.322 e. The molecular weight excluding hydrogens is 405 g/mol. The van der Waals surface area contributed by atoms with E-state index in [4.69, 9.17) is 4.98 Å². The lowest BCUT2D eigenvalue weighted by Crippen LogP contribution is -2.36. The van der Waals surface area contributed by atoms with Crippen molar-refractivity contribution < 1.29 is 4.39 Å². The van der Waals surface area contributed by atoms with Gasteiger partial charge in [0.25, 0.3) is 0 Å². The predicted octanol–water partition coefficient (Wildman–Crippen LogP) is 4.19. The Labute approximate surface area is 157 Å². The van der Waals surface area contributed by atoms with Gasteiger partial charge < -0.3 is 4.57 Å². The number of imidazole rings is 1. The summed E-state index contributed by atoms with van der Waals surface area (Å²) < 4.78 is 20.5. The Kier molecular flexibility index (Phi) is 4.43. The minimum absolute atomic E-state index is 0.198. The molecule has 0 fully saturated rings. The molecule has 0 aliphatic carbocycles. The van der Waals surface area contributed by atoms with Crippen LogP contribution in [0.4, 0.5) is 4.39 Å². The summed E-state index contributed by atoms with van der Waals surface area (Å²) in [5.74, 6) is 1.45. The van der Waals surface area contributed by atoms with Crippen LogP contribution in [0.25, 0.3) is 10.8 Å². The van der Waals surface area contributed by atoms with Crippen LogP contribution in [0.15, 0.2) is 28.9 Å². The van der Waals surface area contributed by atoms with Crippen LogP contribution >= 0.6 is 27.5 Å². The molecule has 3 heterocycles. The van der Waals surface area contributed by atoms with E-state index in [1.54, 1.807) is 0 Å². The van der Waals surface area contributed by atoms with Crippen LogP contribution in [-0.2, 0) is 13.1 Å². The maximum absolute atomic E-state index is 13.1. The number of fused-ring (bicyclic) bond motifs is 1. The van der Waals surface area contributed by atoms with Gasteiger partial charge in [-0.05, 0) is 59.0 Å². The third-order valence-electron chi connectivity index (χ3n) is 4.53. The highest BCUT2D eigenvalue weighted by molar-refractivity contribution is 9.10. The molecule has 0 saturated carbocycles. The van der Waals surface area contributed by atoms with E-state index < -0.39 is 0 Å². The van der Waals surface area contributed by atoms with Crippen molar-refractivity contribution in [2.45, 2.75) is 33.0 Å². The van der Waals surface area contributed by atoms with Crippen molar-refractivity contribution in [1.82, 2.24) is 23.8 Å². The smallest absolute Gasteiger partial charge is 0.179 e. The standard InChI is InChI=1S/C17H17BrFN5S/c1-10-14-15(18)21-16(17-20-11(2)22-25-17)24(14)8-7-23(10)9-12-3-5-13(19)6-4-12/h3-6,10H,7-9H2,1-2H3/t10-/m1/s1. The first-order valence-electron chi connectivity index (χ1n) is 8.08. The van der Waals surface area contributed by atoms with Gasteiger partial charge in [0.15, 0.2) is 10.8 Å². The maximum Gasteiger partial charge on any atom is 0.179 e. The Morgan fingerprint density at radius 3 is 2.68 bits per heavy atom. The number of aromatic nitrogens is 4. The molecule has 3 aromatic rings. The number of rotatable bonds is 3. The summed E-state index contributed by atoms with van der Waals surface area (Å²) in [7, 11) is 0. The van der Waals surface area contributed by atoms with E-state index in [1.807, 2.05) is 19.1 Å². The van der Waals surface area contributed by atoms with Crippen LogP contribution in [0, 0.1) is 12.7 Å². The molecule has 1 atom stereocenters. The zero-order chi connectivity index (χ0) is 17.6. The molecule has 2 aromatic heterocycles. The Balaban J connectivity index is 1.63. The molecule has 1 aliphatic rings. The molecule has 4 rings (SSSR count). The summed E-state index contributed by atoms with van der Waals surface area (Å²) in [4.78, 5) is 11.5. The summed E-state index contributed by atoms with van der Waals surface area (Å²) in [6.07, 6.45) is 0. The molecule has 0 amide bonds. The number of halogens is 2. The van der Waals surface area contributed by atoms with Gasteiger partial charge in [0.1, 0.15) is 16.2 Å². The molecule has 130 valence electrons. The second-order valence-electron chi connectivity index (χ2n) is 6.18. The Morgan fingerprint density at radius 1 is 1.24 bits per heavy atom. The van der Waals surface area contributed by atoms with Crippen LogP contribution < -0.4 is 0 Å². The number of hydrogen-bond donors (Lipinski definition) is 0. The van der Waals surface area contributed by atoms with Crippen molar-refractivity contribution in [2.75, 3.05) is 6.54 Å². The minimum atomic E-state index is -0.201. The molecule has 0 saturated heterocycles. The Hall–Kier alpha value is -1.64. The highest BCUT2D eigenvalue weighted by Crippen LogP contribution is 2.36. The van der Waals surface area contributed by atoms with Crippen molar-refractivity contribution >= 4 is 27.5 Å². The Bertz CT molecular complexity index is 904. The molecule has 0 radical (unpaired) electrons. The number of nitrogens with zero attached hydrogens (tertiary/aromatic N) is 5. The summed E-state index contributed by atoms with van der Waals surface area (Å²) in [5, 5.41) is 0.851. The second kappa shape index (κ2) is 6.59. The van der Waals surface area contributed by atoms with Gasteiger partial charge in [-0.1, -0.05) is 12.1 Å². The molecule has 0 unspecified atom stereocenters. The van der Waals surface area contributed by atoms with Gasteiger partial charge >= 0.3 is 0 Å². The molecule has 5 nitrogen and oxygen atoms in total. The molecule has 0 bridgehead atoms. The van der Waals surface area contributed by atoms with Crippen molar-refractivity contribution in [3.05, 3.63) is 51.8 Å². The molecule has 8 heteroatoms. The van der Waals surface area contributed by atoms with Crippen molar-refractivity contribution in [3.63, 3.8) is 0 Å². The fraction of sp³-hybridized carbons (Fsp3) is 0.353. The first-order valence-corrected chi connectivity index (χ1v) is 9.64. The molecule has 25 heavy (non-hydrogen) atoms. The van der Waals surface area contributed by atoms with Gasteiger partial charge in [0.05, 0.1) is 11.7 Å². The lowest BCUT2D eigenvalue weighted by atomic mass is 10.1. The van der Waals surface area contributed by atoms with Crippen LogP contribution in [0.2, 0.25) is 0 Å². The first-order chi connectivity index (χ1) is 12.0. The van der Waals surface area contributed by atoms with E-state index in [2.05, 4.69) is 41.7 Å². The van der Waals surface area contributed by atoms with Crippen molar-refractivity contribution in [2.24, 2.45) is 0 Å². The van der Waals surface area contributed by atoms with Crippen LogP contribution in [0.5, 0.6) is 0 Å². The van der Waals surface area contributed by atoms with E-state index in [-0.39, 0.29) is 11.9 Å². The molecule has 0 N–H and O–H groups in total.